The molecule has 1 aliphatic rings. The Labute approximate surface area is 140 Å². The normalized spacial score (nSPS) is 33.5. The van der Waals surface area contributed by atoms with Crippen LogP contribution in [-0.2, 0) is 24.1 Å². The monoisotopic (exact) mass is 372 g/mol. The summed E-state index contributed by atoms with van der Waals surface area (Å²) in [7, 11) is 0. The molecule has 0 spiro atoms. The summed E-state index contributed by atoms with van der Waals surface area (Å²) in [5, 5.41) is 74.4. The van der Waals surface area contributed by atoms with Gasteiger partial charge in [-0.2, -0.15) is 0 Å². The summed E-state index contributed by atoms with van der Waals surface area (Å²) in [5.74, 6) is -2.88. The lowest BCUT2D eigenvalue weighted by molar-refractivity contribution is -0.446. The average Bonchev–Trinajstić information content (AvgIpc) is 2.59. The zero-order chi connectivity index (χ0) is 19.3. The van der Waals surface area contributed by atoms with Crippen LogP contribution in [0.4, 0.5) is 0 Å². The van der Waals surface area contributed by atoms with Crippen LogP contribution in [0.25, 0.3) is 0 Å². The Hall–Kier alpha value is -1.26. The van der Waals surface area contributed by atoms with Crippen molar-refractivity contribution in [2.75, 3.05) is 13.2 Å². The molecule has 0 bridgehead atoms. The Bertz CT molecular complexity index is 456. The first-order valence-corrected chi connectivity index (χ1v) is 7.00. The lowest BCUT2D eigenvalue weighted by Crippen LogP contribution is -2.60. The topological polar surface area (TPSA) is 224 Å². The molecule has 1 aliphatic heterocycles. The molecule has 0 aliphatic carbocycles. The third-order valence-electron chi connectivity index (χ3n) is 3.44. The number of aliphatic hydroxyl groups is 7. The standard InChI is InChI=1S/C12H20O13/c13-1-3(15)5(17)9(4(16)2-14)24-25-12-8(20)6(18)7(19)10(23-12)11(21)22/h4-10,12-14,16-20H,1-2H2,(H,21,22)/t4-,5-,6+,7-,8-,9-,10+,12-/m1/s1. The number of hydrogen-bond acceptors (Lipinski definition) is 12. The molecule has 0 amide bonds. The van der Waals surface area contributed by atoms with Gasteiger partial charge >= 0.3 is 5.97 Å². The van der Waals surface area contributed by atoms with Gasteiger partial charge in [0.25, 0.3) is 0 Å². The molecule has 1 rings (SSSR count). The number of rotatable bonds is 9. The lowest BCUT2D eigenvalue weighted by atomic mass is 9.99. The molecule has 1 heterocycles. The summed E-state index contributed by atoms with van der Waals surface area (Å²) in [6, 6.07) is 0. The summed E-state index contributed by atoms with van der Waals surface area (Å²) < 4.78 is 4.71. The minimum atomic E-state index is -2.14. The smallest absolute Gasteiger partial charge is 0.335 e. The molecule has 0 radical (unpaired) electrons. The summed E-state index contributed by atoms with van der Waals surface area (Å²) in [5.41, 5.74) is 0. The number of aliphatic carboxylic acids is 1. The second-order valence-corrected chi connectivity index (χ2v) is 5.21. The quantitative estimate of drug-likeness (QED) is 0.140. The van der Waals surface area contributed by atoms with Gasteiger partial charge in [0.2, 0.25) is 6.29 Å². The van der Waals surface area contributed by atoms with Gasteiger partial charge in [0.05, 0.1) is 6.61 Å². The van der Waals surface area contributed by atoms with E-state index < -0.39 is 74.0 Å². The molecule has 8 atom stereocenters. The Kier molecular flexibility index (Phi) is 8.23. The molecule has 25 heavy (non-hydrogen) atoms. The first kappa shape index (κ1) is 21.8. The van der Waals surface area contributed by atoms with Crippen molar-refractivity contribution in [3.05, 3.63) is 0 Å². The SMILES string of the molecule is O=C(CO)[C@@H](O)[C@H](OO[C@H]1O[C@H](C(=O)O)[C@H](O)[C@H](O)[C@H]1O)[C@H](O)CO. The van der Waals surface area contributed by atoms with Crippen LogP contribution < -0.4 is 0 Å². The van der Waals surface area contributed by atoms with Crippen LogP contribution >= 0.6 is 0 Å². The average molecular weight is 372 g/mol. The van der Waals surface area contributed by atoms with Crippen molar-refractivity contribution in [1.82, 2.24) is 0 Å². The zero-order valence-electron chi connectivity index (χ0n) is 12.7. The number of carbonyl (C=O) groups is 2. The van der Waals surface area contributed by atoms with Crippen LogP contribution in [0.3, 0.4) is 0 Å². The van der Waals surface area contributed by atoms with Gasteiger partial charge in [-0.15, -0.1) is 0 Å². The van der Waals surface area contributed by atoms with Crippen molar-refractivity contribution in [2.45, 2.75) is 49.0 Å². The van der Waals surface area contributed by atoms with Crippen LogP contribution in [0.1, 0.15) is 0 Å². The fourth-order valence-electron chi connectivity index (χ4n) is 1.96. The van der Waals surface area contributed by atoms with Crippen LogP contribution in [0, 0.1) is 0 Å². The Morgan fingerprint density at radius 3 is 2.12 bits per heavy atom. The molecular formula is C12H20O13. The van der Waals surface area contributed by atoms with Crippen LogP contribution in [0.5, 0.6) is 0 Å². The summed E-state index contributed by atoms with van der Waals surface area (Å²) in [6.07, 6.45) is -15.9. The minimum Gasteiger partial charge on any atom is -0.479 e. The predicted octanol–water partition coefficient (Wildman–Crippen LogP) is -5.53. The molecule has 0 unspecified atom stereocenters. The second kappa shape index (κ2) is 9.44. The highest BCUT2D eigenvalue weighted by Crippen LogP contribution is 2.23. The molecular weight excluding hydrogens is 352 g/mol. The lowest BCUT2D eigenvalue weighted by Gasteiger charge is -2.38. The minimum absolute atomic E-state index is 0.989. The van der Waals surface area contributed by atoms with Crippen molar-refractivity contribution < 1.29 is 65.0 Å². The number of ether oxygens (including phenoxy) is 1. The number of ketones is 1. The van der Waals surface area contributed by atoms with E-state index >= 15 is 0 Å². The summed E-state index contributed by atoms with van der Waals surface area (Å²) in [6.45, 7) is -2.11. The van der Waals surface area contributed by atoms with Gasteiger partial charge < -0.3 is 45.6 Å². The first-order chi connectivity index (χ1) is 11.6. The van der Waals surface area contributed by atoms with Crippen LogP contribution in [-0.4, -0.2) is 115 Å². The van der Waals surface area contributed by atoms with Gasteiger partial charge in [0.1, 0.15) is 37.1 Å². The number of carbonyl (C=O) groups excluding carboxylic acids is 1. The molecule has 0 aromatic rings. The van der Waals surface area contributed by atoms with E-state index in [1.165, 1.54) is 0 Å². The van der Waals surface area contributed by atoms with E-state index in [1.807, 2.05) is 0 Å². The van der Waals surface area contributed by atoms with Crippen molar-refractivity contribution in [1.29, 1.82) is 0 Å². The number of hydrogen-bond donors (Lipinski definition) is 8. The predicted molar refractivity (Wildman–Crippen MR) is 71.5 cm³/mol. The number of aliphatic hydroxyl groups excluding tert-OH is 7. The van der Waals surface area contributed by atoms with Crippen LogP contribution in [0.15, 0.2) is 0 Å². The van der Waals surface area contributed by atoms with Gasteiger partial charge in [0.15, 0.2) is 18.0 Å². The van der Waals surface area contributed by atoms with E-state index in [-0.39, 0.29) is 0 Å². The molecule has 13 heteroatoms. The first-order valence-electron chi connectivity index (χ1n) is 7.00. The van der Waals surface area contributed by atoms with Gasteiger partial charge in [-0.1, -0.05) is 0 Å². The molecule has 146 valence electrons. The van der Waals surface area contributed by atoms with E-state index in [9.17, 15) is 35.1 Å². The van der Waals surface area contributed by atoms with Crippen molar-refractivity contribution in [3.63, 3.8) is 0 Å². The molecule has 13 nitrogen and oxygen atoms in total. The fraction of sp³-hybridized carbons (Fsp3) is 0.833. The van der Waals surface area contributed by atoms with Crippen molar-refractivity contribution in [3.8, 4) is 0 Å². The van der Waals surface area contributed by atoms with Gasteiger partial charge in [-0.25, -0.2) is 14.6 Å². The summed E-state index contributed by atoms with van der Waals surface area (Å²) in [4.78, 5) is 31.3. The van der Waals surface area contributed by atoms with Crippen molar-refractivity contribution >= 4 is 11.8 Å². The second-order valence-electron chi connectivity index (χ2n) is 5.21. The van der Waals surface area contributed by atoms with Gasteiger partial charge in [-0.05, 0) is 0 Å². The highest BCUT2D eigenvalue weighted by Gasteiger charge is 2.48. The maximum absolute atomic E-state index is 11.3. The third-order valence-corrected chi connectivity index (χ3v) is 3.44. The maximum atomic E-state index is 11.3. The molecule has 0 aromatic carbocycles. The molecule has 0 aromatic heterocycles. The van der Waals surface area contributed by atoms with E-state index in [1.54, 1.807) is 0 Å². The van der Waals surface area contributed by atoms with E-state index in [0.29, 0.717) is 0 Å². The number of carboxylic acids is 1. The van der Waals surface area contributed by atoms with E-state index in [2.05, 4.69) is 9.78 Å². The number of carboxylic acid groups (broad SMARTS) is 1. The van der Waals surface area contributed by atoms with E-state index in [4.69, 9.17) is 20.1 Å². The molecule has 0 saturated carbocycles. The highest BCUT2D eigenvalue weighted by atomic mass is 17.2. The third kappa shape index (κ3) is 5.11. The molecule has 1 fully saturated rings. The highest BCUT2D eigenvalue weighted by molar-refractivity contribution is 5.84. The molecule has 1 saturated heterocycles. The Morgan fingerprint density at radius 1 is 1.04 bits per heavy atom. The van der Waals surface area contributed by atoms with Crippen LogP contribution in [0.2, 0.25) is 0 Å². The fourth-order valence-corrected chi connectivity index (χ4v) is 1.96. The Morgan fingerprint density at radius 2 is 1.64 bits per heavy atom. The largest absolute Gasteiger partial charge is 0.479 e. The summed E-state index contributed by atoms with van der Waals surface area (Å²) >= 11 is 0. The van der Waals surface area contributed by atoms with Crippen molar-refractivity contribution in [2.24, 2.45) is 0 Å². The van der Waals surface area contributed by atoms with Gasteiger partial charge in [-0.3, -0.25) is 4.79 Å². The van der Waals surface area contributed by atoms with E-state index in [0.717, 1.165) is 0 Å². The Balaban J connectivity index is 2.83. The number of Topliss-reactive ketones (excluding diaryl/α,β-unsaturated/α-hetero) is 1. The molecule has 8 N–H and O–H groups in total. The zero-order valence-corrected chi connectivity index (χ0v) is 12.7. The maximum Gasteiger partial charge on any atom is 0.335 e. The van der Waals surface area contributed by atoms with Gasteiger partial charge in [0, 0.05) is 0 Å².